The summed E-state index contributed by atoms with van der Waals surface area (Å²) >= 11 is 0. The Morgan fingerprint density at radius 3 is 2.07 bits per heavy atom. The van der Waals surface area contributed by atoms with Gasteiger partial charge in [0.2, 0.25) is 0 Å². The van der Waals surface area contributed by atoms with Crippen LogP contribution in [0.4, 0.5) is 17.1 Å². The number of fused-ring (bicyclic) bond motifs is 5. The number of anilines is 3. The van der Waals surface area contributed by atoms with E-state index in [1.807, 2.05) is 36.7 Å². The van der Waals surface area contributed by atoms with Crippen LogP contribution in [0.25, 0.3) is 51.0 Å². The van der Waals surface area contributed by atoms with Gasteiger partial charge in [0.15, 0.2) is 0 Å². The van der Waals surface area contributed by atoms with E-state index in [-0.39, 0.29) is 21.1 Å². The molecule has 41 heavy (non-hydrogen) atoms. The molecule has 0 fully saturated rings. The number of hydrogen-bond donors (Lipinski definition) is 0. The van der Waals surface area contributed by atoms with E-state index in [0.29, 0.717) is 0 Å². The molecule has 198 valence electrons. The summed E-state index contributed by atoms with van der Waals surface area (Å²) in [6, 6.07) is 42.6. The predicted molar refractivity (Wildman–Crippen MR) is 165 cm³/mol. The molecule has 0 bridgehead atoms. The van der Waals surface area contributed by atoms with Crippen LogP contribution in [-0.4, -0.2) is 14.5 Å². The molecule has 4 nitrogen and oxygen atoms in total. The van der Waals surface area contributed by atoms with Crippen LogP contribution in [0.5, 0.6) is 0 Å². The molecule has 0 saturated carbocycles. The van der Waals surface area contributed by atoms with E-state index in [1.54, 1.807) is 0 Å². The number of aromatic nitrogens is 3. The summed E-state index contributed by atoms with van der Waals surface area (Å²) in [5.41, 5.74) is 9.96. The number of rotatable bonds is 3. The molecule has 0 spiro atoms. The molecule has 0 amide bonds. The standard InChI is InChI=1S/C36H24N4.Pt/c1-3-12-32-25(9-1)15-16-26-17-18-27(31-11-5-7-21-37-31)23-34(26)39(32)28-19-20-30-29-10-2-4-13-33(29)40(35(30)24-28)36-14-6-8-22-38-36;/h1-24H;. The normalized spacial score (nSPS) is 12.0. The van der Waals surface area contributed by atoms with Crippen LogP contribution in [0, 0.1) is 0 Å². The molecule has 1 aliphatic rings. The second-order valence-corrected chi connectivity index (χ2v) is 9.96. The Balaban J connectivity index is 0.00000276. The molecule has 3 aromatic heterocycles. The van der Waals surface area contributed by atoms with Crippen molar-refractivity contribution in [3.05, 3.63) is 145 Å². The Kier molecular flexibility index (Phi) is 6.34. The molecule has 1 aliphatic heterocycles. The van der Waals surface area contributed by atoms with Crippen molar-refractivity contribution < 1.29 is 21.1 Å². The smallest absolute Gasteiger partial charge is 0.137 e. The third kappa shape index (κ3) is 4.19. The van der Waals surface area contributed by atoms with Crippen molar-refractivity contribution in [2.45, 2.75) is 0 Å². The summed E-state index contributed by atoms with van der Waals surface area (Å²) in [6.45, 7) is 0. The van der Waals surface area contributed by atoms with E-state index in [0.717, 1.165) is 50.7 Å². The third-order valence-corrected chi connectivity index (χ3v) is 7.65. The summed E-state index contributed by atoms with van der Waals surface area (Å²) in [6.07, 6.45) is 8.11. The number of benzene rings is 4. The summed E-state index contributed by atoms with van der Waals surface area (Å²) < 4.78 is 2.27. The Morgan fingerprint density at radius 2 is 1.24 bits per heavy atom. The average molecular weight is 708 g/mol. The Hall–Kier alpha value is -4.79. The van der Waals surface area contributed by atoms with Gasteiger partial charge in [-0.3, -0.25) is 9.55 Å². The van der Waals surface area contributed by atoms with Gasteiger partial charge in [0.1, 0.15) is 5.82 Å². The second kappa shape index (κ2) is 10.3. The third-order valence-electron chi connectivity index (χ3n) is 7.65. The van der Waals surface area contributed by atoms with E-state index in [2.05, 4.69) is 124 Å². The van der Waals surface area contributed by atoms with Gasteiger partial charge in [-0.15, -0.1) is 0 Å². The first-order valence-corrected chi connectivity index (χ1v) is 13.4. The van der Waals surface area contributed by atoms with Gasteiger partial charge >= 0.3 is 0 Å². The molecule has 0 unspecified atom stereocenters. The van der Waals surface area contributed by atoms with Gasteiger partial charge in [-0.2, -0.15) is 0 Å². The van der Waals surface area contributed by atoms with Crippen molar-refractivity contribution in [1.82, 2.24) is 14.5 Å². The van der Waals surface area contributed by atoms with Crippen molar-refractivity contribution in [1.29, 1.82) is 0 Å². The van der Waals surface area contributed by atoms with Crippen LogP contribution >= 0.6 is 0 Å². The fraction of sp³-hybridized carbons (Fsp3) is 0. The van der Waals surface area contributed by atoms with Crippen molar-refractivity contribution in [3.8, 4) is 17.1 Å². The largest absolute Gasteiger partial charge is 0.309 e. The van der Waals surface area contributed by atoms with E-state index in [1.165, 1.54) is 16.3 Å². The number of para-hydroxylation sites is 2. The van der Waals surface area contributed by atoms with Crippen LogP contribution in [0.1, 0.15) is 11.1 Å². The monoisotopic (exact) mass is 707 g/mol. The molecule has 0 atom stereocenters. The molecule has 0 saturated heterocycles. The first-order valence-electron chi connectivity index (χ1n) is 13.4. The molecule has 8 rings (SSSR count). The molecule has 4 heterocycles. The molecule has 0 aliphatic carbocycles. The van der Waals surface area contributed by atoms with Gasteiger partial charge in [0.25, 0.3) is 0 Å². The number of pyridine rings is 2. The van der Waals surface area contributed by atoms with Gasteiger partial charge in [-0.25, -0.2) is 4.98 Å². The minimum Gasteiger partial charge on any atom is -0.309 e. The molecule has 0 N–H and O–H groups in total. The van der Waals surface area contributed by atoms with Crippen LogP contribution < -0.4 is 4.90 Å². The van der Waals surface area contributed by atoms with Gasteiger partial charge in [0, 0.05) is 55.5 Å². The summed E-state index contributed by atoms with van der Waals surface area (Å²) in [5, 5.41) is 2.42. The van der Waals surface area contributed by atoms with Gasteiger partial charge in [0.05, 0.1) is 28.1 Å². The minimum atomic E-state index is 0. The first-order chi connectivity index (χ1) is 19.8. The summed E-state index contributed by atoms with van der Waals surface area (Å²) in [4.78, 5) is 11.7. The molecular formula is C36H24N4Pt. The van der Waals surface area contributed by atoms with Crippen LogP contribution in [-0.2, 0) is 21.1 Å². The first kappa shape index (κ1) is 25.2. The minimum absolute atomic E-state index is 0. The zero-order chi connectivity index (χ0) is 26.5. The Labute approximate surface area is 252 Å². The van der Waals surface area contributed by atoms with E-state index >= 15 is 0 Å². The topological polar surface area (TPSA) is 34.0 Å². The van der Waals surface area contributed by atoms with Crippen molar-refractivity contribution in [2.75, 3.05) is 4.90 Å². The second-order valence-electron chi connectivity index (χ2n) is 9.96. The number of hydrogen-bond acceptors (Lipinski definition) is 3. The van der Waals surface area contributed by atoms with Gasteiger partial charge in [-0.1, -0.05) is 78.9 Å². The zero-order valence-electron chi connectivity index (χ0n) is 22.0. The maximum atomic E-state index is 4.73. The maximum absolute atomic E-state index is 4.73. The maximum Gasteiger partial charge on any atom is 0.137 e. The molecule has 0 radical (unpaired) electrons. The molecule has 7 aromatic rings. The number of nitrogens with zero attached hydrogens (tertiary/aromatic N) is 4. The fourth-order valence-electron chi connectivity index (χ4n) is 5.82. The van der Waals surface area contributed by atoms with E-state index in [4.69, 9.17) is 4.98 Å². The summed E-state index contributed by atoms with van der Waals surface area (Å²) in [7, 11) is 0. The Morgan fingerprint density at radius 1 is 0.512 bits per heavy atom. The SMILES string of the molecule is C1=Cc2ccc(-c3ccccn3)cc2N(c2ccc3c4ccccc4n(-c4ccccn4)c3c2)c2ccccc21.[Pt]. The van der Waals surface area contributed by atoms with Crippen molar-refractivity contribution >= 4 is 51.0 Å². The van der Waals surface area contributed by atoms with Crippen LogP contribution in [0.2, 0.25) is 0 Å². The zero-order valence-corrected chi connectivity index (χ0v) is 24.2. The fourth-order valence-corrected chi connectivity index (χ4v) is 5.82. The van der Waals surface area contributed by atoms with Gasteiger partial charge < -0.3 is 4.90 Å². The van der Waals surface area contributed by atoms with E-state index in [9.17, 15) is 0 Å². The van der Waals surface area contributed by atoms with Crippen molar-refractivity contribution in [3.63, 3.8) is 0 Å². The average Bonchev–Trinajstić information content (AvgIpc) is 3.25. The van der Waals surface area contributed by atoms with Crippen LogP contribution in [0.15, 0.2) is 134 Å². The quantitative estimate of drug-likeness (QED) is 0.184. The Bertz CT molecular complexity index is 2060. The predicted octanol–water partition coefficient (Wildman–Crippen LogP) is 9.19. The molecule has 4 aromatic carbocycles. The molecular weight excluding hydrogens is 684 g/mol. The van der Waals surface area contributed by atoms with E-state index < -0.39 is 0 Å². The van der Waals surface area contributed by atoms with Gasteiger partial charge in [-0.05, 0) is 65.7 Å². The van der Waals surface area contributed by atoms with Crippen LogP contribution in [0.3, 0.4) is 0 Å². The molecule has 5 heteroatoms. The van der Waals surface area contributed by atoms with Crippen molar-refractivity contribution in [2.24, 2.45) is 0 Å². The summed E-state index contributed by atoms with van der Waals surface area (Å²) in [5.74, 6) is 0.904.